The fraction of sp³-hybridized carbons (Fsp3) is 0.471. The molecule has 2 atom stereocenters. The van der Waals surface area contributed by atoms with Crippen LogP contribution in [0.25, 0.3) is 0 Å². The first kappa shape index (κ1) is 15.6. The van der Waals surface area contributed by atoms with Crippen LogP contribution in [0.15, 0.2) is 24.3 Å². The minimum Gasteiger partial charge on any atom is -0.497 e. The van der Waals surface area contributed by atoms with E-state index in [9.17, 15) is 0 Å². The Morgan fingerprint density at radius 1 is 1.10 bits per heavy atom. The summed E-state index contributed by atoms with van der Waals surface area (Å²) in [6.07, 6.45) is 0. The second kappa shape index (κ2) is 6.31. The van der Waals surface area contributed by atoms with Crippen molar-refractivity contribution in [2.75, 3.05) is 7.11 Å². The molecule has 0 radical (unpaired) electrons. The van der Waals surface area contributed by atoms with Crippen LogP contribution in [-0.4, -0.2) is 16.9 Å². The van der Waals surface area contributed by atoms with E-state index in [1.54, 1.807) is 7.11 Å². The van der Waals surface area contributed by atoms with Gasteiger partial charge in [0.25, 0.3) is 0 Å². The molecule has 114 valence electrons. The minimum absolute atomic E-state index is 0.260. The third kappa shape index (κ3) is 3.27. The molecule has 0 aliphatic heterocycles. The van der Waals surface area contributed by atoms with Crippen molar-refractivity contribution >= 4 is 0 Å². The molecule has 4 heteroatoms. The molecule has 0 saturated carbocycles. The monoisotopic (exact) mass is 287 g/mol. The third-order valence-corrected chi connectivity index (χ3v) is 4.11. The number of hydrogen-bond acceptors (Lipinski definition) is 3. The highest BCUT2D eigenvalue weighted by atomic mass is 16.5. The van der Waals surface area contributed by atoms with Crippen LogP contribution in [0.1, 0.15) is 48.4 Å². The lowest BCUT2D eigenvalue weighted by molar-refractivity contribution is 0.414. The number of nitrogens with one attached hydrogen (secondary N) is 1. The number of ether oxygens (including phenoxy) is 1. The van der Waals surface area contributed by atoms with Crippen LogP contribution in [0.5, 0.6) is 5.75 Å². The van der Waals surface area contributed by atoms with Gasteiger partial charge in [-0.15, -0.1) is 0 Å². The molecule has 1 heterocycles. The average molecular weight is 287 g/mol. The zero-order chi connectivity index (χ0) is 15.6. The van der Waals surface area contributed by atoms with Crippen LogP contribution in [-0.2, 0) is 7.05 Å². The molecule has 0 fully saturated rings. The Morgan fingerprint density at radius 3 is 2.19 bits per heavy atom. The standard InChI is InChI=1S/C17H25N3O/c1-11(15-7-9-16(21-6)10-8-15)18-12(2)17-13(3)19-20(5)14(17)4/h7-12,18H,1-6H3. The second-order valence-corrected chi connectivity index (χ2v) is 5.59. The molecule has 1 aromatic heterocycles. The number of hydrogen-bond donors (Lipinski definition) is 1. The predicted molar refractivity (Wildman–Crippen MR) is 85.6 cm³/mol. The van der Waals surface area contributed by atoms with Gasteiger partial charge in [0.2, 0.25) is 0 Å². The molecule has 1 N–H and O–H groups in total. The maximum atomic E-state index is 5.20. The smallest absolute Gasteiger partial charge is 0.118 e. The topological polar surface area (TPSA) is 39.1 Å². The molecule has 0 amide bonds. The summed E-state index contributed by atoms with van der Waals surface area (Å²) in [5.74, 6) is 0.887. The van der Waals surface area contributed by atoms with Crippen LogP contribution in [0, 0.1) is 13.8 Å². The zero-order valence-corrected chi connectivity index (χ0v) is 13.8. The molecule has 2 aromatic rings. The Morgan fingerprint density at radius 2 is 1.71 bits per heavy atom. The van der Waals surface area contributed by atoms with E-state index in [-0.39, 0.29) is 12.1 Å². The molecule has 2 unspecified atom stereocenters. The molecule has 0 spiro atoms. The van der Waals surface area contributed by atoms with Gasteiger partial charge in [0.1, 0.15) is 5.75 Å². The van der Waals surface area contributed by atoms with Gasteiger partial charge in [-0.25, -0.2) is 0 Å². The largest absolute Gasteiger partial charge is 0.497 e. The van der Waals surface area contributed by atoms with Crippen molar-refractivity contribution in [1.29, 1.82) is 0 Å². The Labute approximate surface area is 127 Å². The SMILES string of the molecule is COc1ccc(C(C)NC(C)c2c(C)nn(C)c2C)cc1. The molecule has 0 saturated heterocycles. The summed E-state index contributed by atoms with van der Waals surface area (Å²) >= 11 is 0. The molecular weight excluding hydrogens is 262 g/mol. The van der Waals surface area contributed by atoms with E-state index in [1.807, 2.05) is 23.9 Å². The summed E-state index contributed by atoms with van der Waals surface area (Å²) in [5.41, 5.74) is 4.85. The summed E-state index contributed by atoms with van der Waals surface area (Å²) in [7, 11) is 3.68. The molecule has 21 heavy (non-hydrogen) atoms. The molecular formula is C17H25N3O. The quantitative estimate of drug-likeness (QED) is 0.915. The van der Waals surface area contributed by atoms with Crippen LogP contribution >= 0.6 is 0 Å². The summed E-state index contributed by atoms with van der Waals surface area (Å²) in [4.78, 5) is 0. The van der Waals surface area contributed by atoms with E-state index in [0.29, 0.717) is 0 Å². The van der Waals surface area contributed by atoms with Gasteiger partial charge in [0, 0.05) is 30.4 Å². The van der Waals surface area contributed by atoms with Gasteiger partial charge in [0.15, 0.2) is 0 Å². The predicted octanol–water partition coefficient (Wildman–Crippen LogP) is 3.46. The van der Waals surface area contributed by atoms with Crippen molar-refractivity contribution in [3.8, 4) is 5.75 Å². The first-order chi connectivity index (χ1) is 9.93. The average Bonchev–Trinajstić information content (AvgIpc) is 2.72. The van der Waals surface area contributed by atoms with Crippen LogP contribution in [0.2, 0.25) is 0 Å². The maximum absolute atomic E-state index is 5.20. The fourth-order valence-electron chi connectivity index (χ4n) is 2.86. The number of benzene rings is 1. The lowest BCUT2D eigenvalue weighted by Gasteiger charge is -2.21. The van der Waals surface area contributed by atoms with Crippen LogP contribution in [0.3, 0.4) is 0 Å². The Kier molecular flexibility index (Phi) is 4.68. The van der Waals surface area contributed by atoms with E-state index in [0.717, 1.165) is 11.4 Å². The van der Waals surface area contributed by atoms with Gasteiger partial charge < -0.3 is 10.1 Å². The minimum atomic E-state index is 0.260. The van der Waals surface area contributed by atoms with Crippen LogP contribution in [0.4, 0.5) is 0 Å². The van der Waals surface area contributed by atoms with Crippen molar-refractivity contribution in [2.24, 2.45) is 7.05 Å². The lowest BCUT2D eigenvalue weighted by Crippen LogP contribution is -2.23. The van der Waals surface area contributed by atoms with Crippen molar-refractivity contribution in [3.63, 3.8) is 0 Å². The van der Waals surface area contributed by atoms with Crippen molar-refractivity contribution < 1.29 is 4.74 Å². The van der Waals surface area contributed by atoms with Gasteiger partial charge in [-0.05, 0) is 45.4 Å². The van der Waals surface area contributed by atoms with Gasteiger partial charge in [-0.1, -0.05) is 12.1 Å². The fourth-order valence-corrected chi connectivity index (χ4v) is 2.86. The molecule has 0 aliphatic carbocycles. The first-order valence-corrected chi connectivity index (χ1v) is 7.34. The number of aryl methyl sites for hydroxylation is 2. The number of aromatic nitrogens is 2. The summed E-state index contributed by atoms with van der Waals surface area (Å²) < 4.78 is 7.15. The van der Waals surface area contributed by atoms with E-state index in [2.05, 4.69) is 50.2 Å². The Hall–Kier alpha value is -1.81. The normalized spacial score (nSPS) is 14.0. The van der Waals surface area contributed by atoms with Crippen molar-refractivity contribution in [1.82, 2.24) is 15.1 Å². The Balaban J connectivity index is 2.12. The van der Waals surface area contributed by atoms with Crippen molar-refractivity contribution in [3.05, 3.63) is 46.8 Å². The molecule has 2 rings (SSSR count). The molecule has 0 bridgehead atoms. The highest BCUT2D eigenvalue weighted by molar-refractivity contribution is 5.31. The van der Waals surface area contributed by atoms with E-state index >= 15 is 0 Å². The maximum Gasteiger partial charge on any atom is 0.118 e. The molecule has 1 aromatic carbocycles. The number of methoxy groups -OCH3 is 1. The van der Waals surface area contributed by atoms with E-state index in [1.165, 1.54) is 16.8 Å². The van der Waals surface area contributed by atoms with Gasteiger partial charge in [-0.3, -0.25) is 4.68 Å². The molecule has 0 aliphatic rings. The number of rotatable bonds is 5. The Bertz CT molecular complexity index is 601. The highest BCUT2D eigenvalue weighted by Gasteiger charge is 2.18. The molecule has 4 nitrogen and oxygen atoms in total. The van der Waals surface area contributed by atoms with Gasteiger partial charge >= 0.3 is 0 Å². The number of nitrogens with zero attached hydrogens (tertiary/aromatic N) is 2. The van der Waals surface area contributed by atoms with E-state index < -0.39 is 0 Å². The first-order valence-electron chi connectivity index (χ1n) is 7.34. The van der Waals surface area contributed by atoms with Crippen molar-refractivity contribution in [2.45, 2.75) is 39.8 Å². The zero-order valence-electron chi connectivity index (χ0n) is 13.8. The summed E-state index contributed by atoms with van der Waals surface area (Å²) in [6, 6.07) is 8.73. The van der Waals surface area contributed by atoms with Gasteiger partial charge in [0.05, 0.1) is 12.8 Å². The van der Waals surface area contributed by atoms with Gasteiger partial charge in [-0.2, -0.15) is 5.10 Å². The summed E-state index contributed by atoms with van der Waals surface area (Å²) in [5, 5.41) is 8.15. The second-order valence-electron chi connectivity index (χ2n) is 5.59. The summed E-state index contributed by atoms with van der Waals surface area (Å²) in [6.45, 7) is 8.56. The van der Waals surface area contributed by atoms with E-state index in [4.69, 9.17) is 4.74 Å². The third-order valence-electron chi connectivity index (χ3n) is 4.11. The lowest BCUT2D eigenvalue weighted by atomic mass is 10.0. The van der Waals surface area contributed by atoms with Crippen LogP contribution < -0.4 is 10.1 Å². The highest BCUT2D eigenvalue weighted by Crippen LogP contribution is 2.25.